The van der Waals surface area contributed by atoms with E-state index in [2.05, 4.69) is 15.3 Å². The fourth-order valence-electron chi connectivity index (χ4n) is 2.36. The number of rotatable bonds is 4. The highest BCUT2D eigenvalue weighted by atomic mass is 32.2. The smallest absolute Gasteiger partial charge is 0.257 e. The Bertz CT molecular complexity index is 745. The van der Waals surface area contributed by atoms with Gasteiger partial charge in [0.1, 0.15) is 0 Å². The fourth-order valence-corrected chi connectivity index (χ4v) is 3.47. The van der Waals surface area contributed by atoms with Crippen LogP contribution in [0.2, 0.25) is 0 Å². The minimum absolute atomic E-state index is 0.0555. The number of carbonyl (C=O) groups is 1. The van der Waals surface area contributed by atoms with Gasteiger partial charge in [-0.3, -0.25) is 19.1 Å². The van der Waals surface area contributed by atoms with Gasteiger partial charge in [-0.1, -0.05) is 17.8 Å². The van der Waals surface area contributed by atoms with E-state index < -0.39 is 0 Å². The summed E-state index contributed by atoms with van der Waals surface area (Å²) in [6.07, 6.45) is 5.29. The number of hydrogen-bond acceptors (Lipinski definition) is 5. The molecule has 1 N–H and O–H groups in total. The molecule has 2 aromatic rings. The first-order valence-corrected chi connectivity index (χ1v) is 8.00. The zero-order valence-electron chi connectivity index (χ0n) is 12.2. The predicted octanol–water partition coefficient (Wildman–Crippen LogP) is 1.30. The summed E-state index contributed by atoms with van der Waals surface area (Å²) in [6.45, 7) is 2.19. The zero-order chi connectivity index (χ0) is 15.5. The molecule has 1 aliphatic heterocycles. The van der Waals surface area contributed by atoms with Crippen LogP contribution in [0.15, 0.2) is 40.7 Å². The molecule has 1 amide bonds. The van der Waals surface area contributed by atoms with Crippen molar-refractivity contribution in [3.8, 4) is 0 Å². The minimum atomic E-state index is -0.131. The molecule has 0 aromatic carbocycles. The van der Waals surface area contributed by atoms with Crippen molar-refractivity contribution >= 4 is 17.7 Å². The van der Waals surface area contributed by atoms with E-state index in [9.17, 15) is 9.59 Å². The summed E-state index contributed by atoms with van der Waals surface area (Å²) in [5.41, 5.74) is 1.50. The first-order chi connectivity index (χ1) is 10.6. The lowest BCUT2D eigenvalue weighted by atomic mass is 10.2. The van der Waals surface area contributed by atoms with E-state index in [0.717, 1.165) is 5.56 Å². The van der Waals surface area contributed by atoms with Gasteiger partial charge in [-0.2, -0.15) is 0 Å². The normalized spacial score (nSPS) is 16.3. The third-order valence-corrected chi connectivity index (χ3v) is 4.65. The van der Waals surface area contributed by atoms with Crippen LogP contribution in [0.4, 0.5) is 0 Å². The monoisotopic (exact) mass is 316 g/mol. The van der Waals surface area contributed by atoms with Gasteiger partial charge in [-0.15, -0.1) is 0 Å². The highest BCUT2D eigenvalue weighted by molar-refractivity contribution is 7.99. The molecule has 6 nitrogen and oxygen atoms in total. The van der Waals surface area contributed by atoms with Gasteiger partial charge in [0.2, 0.25) is 5.91 Å². The highest BCUT2D eigenvalue weighted by Gasteiger charge is 2.27. The largest absolute Gasteiger partial charge is 0.352 e. The Morgan fingerprint density at radius 3 is 3.14 bits per heavy atom. The van der Waals surface area contributed by atoms with Crippen molar-refractivity contribution in [2.24, 2.45) is 0 Å². The lowest BCUT2D eigenvalue weighted by molar-refractivity contribution is -0.121. The molecule has 2 aromatic heterocycles. The van der Waals surface area contributed by atoms with E-state index in [1.165, 1.54) is 11.8 Å². The number of amides is 1. The van der Waals surface area contributed by atoms with Crippen LogP contribution in [0.1, 0.15) is 23.6 Å². The van der Waals surface area contributed by atoms with Crippen LogP contribution >= 0.6 is 11.8 Å². The lowest BCUT2D eigenvalue weighted by Gasteiger charge is -2.13. The summed E-state index contributed by atoms with van der Waals surface area (Å²) in [7, 11) is 0. The molecule has 0 saturated heterocycles. The number of aromatic nitrogens is 3. The van der Waals surface area contributed by atoms with Crippen LogP contribution in [0.5, 0.6) is 0 Å². The number of nitrogens with one attached hydrogen (secondary N) is 1. The van der Waals surface area contributed by atoms with E-state index >= 15 is 0 Å². The van der Waals surface area contributed by atoms with Crippen LogP contribution in [-0.2, 0) is 11.3 Å². The Hall–Kier alpha value is -2.15. The van der Waals surface area contributed by atoms with E-state index in [-0.39, 0.29) is 23.9 Å². The molecular formula is C15H16N4O2S. The molecule has 1 aliphatic rings. The molecule has 1 atom stereocenters. The van der Waals surface area contributed by atoms with Crippen LogP contribution < -0.4 is 10.9 Å². The Balaban J connectivity index is 1.65. The minimum Gasteiger partial charge on any atom is -0.352 e. The van der Waals surface area contributed by atoms with Gasteiger partial charge >= 0.3 is 0 Å². The maximum Gasteiger partial charge on any atom is 0.257 e. The SMILES string of the molecule is Cc1cnc2n(c1=O)C(CC(=O)NCc1cccnc1)CS2. The van der Waals surface area contributed by atoms with E-state index in [1.807, 2.05) is 12.1 Å². The van der Waals surface area contributed by atoms with Gasteiger partial charge in [0, 0.05) is 42.9 Å². The molecular weight excluding hydrogens is 300 g/mol. The second-order valence-corrected chi connectivity index (χ2v) is 6.19. The van der Waals surface area contributed by atoms with E-state index in [4.69, 9.17) is 0 Å². The first kappa shape index (κ1) is 14.8. The standard InChI is InChI=1S/C15H16N4O2S/c1-10-6-18-15-19(14(10)21)12(9-22-15)5-13(20)17-8-11-3-2-4-16-7-11/h2-4,6-7,12H,5,8-9H2,1H3,(H,17,20). The number of fused-ring (bicyclic) bond motifs is 1. The number of hydrogen-bond donors (Lipinski definition) is 1. The topological polar surface area (TPSA) is 76.9 Å². The summed E-state index contributed by atoms with van der Waals surface area (Å²) in [5.74, 6) is 0.627. The summed E-state index contributed by atoms with van der Waals surface area (Å²) in [4.78, 5) is 32.6. The second kappa shape index (κ2) is 6.31. The number of pyridine rings is 1. The Kier molecular flexibility index (Phi) is 4.24. The highest BCUT2D eigenvalue weighted by Crippen LogP contribution is 2.31. The molecule has 1 unspecified atom stereocenters. The maximum absolute atomic E-state index is 12.2. The van der Waals surface area contributed by atoms with Crippen LogP contribution in [0.3, 0.4) is 0 Å². The van der Waals surface area contributed by atoms with E-state index in [1.54, 1.807) is 30.1 Å². The van der Waals surface area contributed by atoms with Crippen molar-refractivity contribution in [1.29, 1.82) is 0 Å². The van der Waals surface area contributed by atoms with E-state index in [0.29, 0.717) is 23.0 Å². The Labute approximate surface area is 132 Å². The molecule has 0 radical (unpaired) electrons. The van der Waals surface area contributed by atoms with Crippen molar-refractivity contribution < 1.29 is 4.79 Å². The Morgan fingerprint density at radius 2 is 2.36 bits per heavy atom. The average Bonchev–Trinajstić information content (AvgIpc) is 2.93. The van der Waals surface area contributed by atoms with Crippen LogP contribution in [-0.4, -0.2) is 26.2 Å². The summed E-state index contributed by atoms with van der Waals surface area (Å²) >= 11 is 1.52. The number of thioether (sulfide) groups is 1. The Morgan fingerprint density at radius 1 is 1.50 bits per heavy atom. The van der Waals surface area contributed by atoms with Crippen molar-refractivity contribution in [1.82, 2.24) is 19.9 Å². The number of nitrogens with zero attached hydrogens (tertiary/aromatic N) is 3. The fraction of sp³-hybridized carbons (Fsp3) is 0.333. The van der Waals surface area contributed by atoms with Gasteiger partial charge in [0.05, 0.1) is 6.04 Å². The summed E-state index contributed by atoms with van der Waals surface area (Å²) < 4.78 is 1.64. The predicted molar refractivity (Wildman–Crippen MR) is 83.7 cm³/mol. The maximum atomic E-state index is 12.2. The summed E-state index contributed by atoms with van der Waals surface area (Å²) in [5, 5.41) is 3.56. The van der Waals surface area contributed by atoms with Gasteiger partial charge in [0.25, 0.3) is 5.56 Å². The van der Waals surface area contributed by atoms with Crippen molar-refractivity contribution in [3.05, 3.63) is 52.2 Å². The molecule has 3 heterocycles. The van der Waals surface area contributed by atoms with Gasteiger partial charge in [-0.25, -0.2) is 4.98 Å². The third kappa shape index (κ3) is 3.04. The molecule has 0 spiro atoms. The van der Waals surface area contributed by atoms with Crippen molar-refractivity contribution in [2.75, 3.05) is 5.75 Å². The quantitative estimate of drug-likeness (QED) is 0.860. The average molecular weight is 316 g/mol. The van der Waals surface area contributed by atoms with Crippen LogP contribution in [0, 0.1) is 6.92 Å². The van der Waals surface area contributed by atoms with Crippen LogP contribution in [0.25, 0.3) is 0 Å². The number of aryl methyl sites for hydroxylation is 1. The molecule has 114 valence electrons. The second-order valence-electron chi connectivity index (χ2n) is 5.21. The van der Waals surface area contributed by atoms with Gasteiger partial charge in [0.15, 0.2) is 5.16 Å². The summed E-state index contributed by atoms with van der Waals surface area (Å²) in [6, 6.07) is 3.61. The third-order valence-electron chi connectivity index (χ3n) is 3.53. The molecule has 0 saturated carbocycles. The first-order valence-electron chi connectivity index (χ1n) is 7.01. The molecule has 22 heavy (non-hydrogen) atoms. The lowest BCUT2D eigenvalue weighted by Crippen LogP contribution is -2.31. The molecule has 0 bridgehead atoms. The molecule has 0 aliphatic carbocycles. The molecule has 0 fully saturated rings. The van der Waals surface area contributed by atoms with Gasteiger partial charge < -0.3 is 5.32 Å². The van der Waals surface area contributed by atoms with Crippen molar-refractivity contribution in [2.45, 2.75) is 31.1 Å². The van der Waals surface area contributed by atoms with Crippen molar-refractivity contribution in [3.63, 3.8) is 0 Å². The van der Waals surface area contributed by atoms with Gasteiger partial charge in [-0.05, 0) is 18.6 Å². The number of carbonyl (C=O) groups excluding carboxylic acids is 1. The zero-order valence-corrected chi connectivity index (χ0v) is 13.0. The molecule has 7 heteroatoms. The molecule has 3 rings (SSSR count).